The van der Waals surface area contributed by atoms with E-state index < -0.39 is 0 Å². The van der Waals surface area contributed by atoms with Crippen LogP contribution in [0.5, 0.6) is 0 Å². The van der Waals surface area contributed by atoms with Gasteiger partial charge in [-0.1, -0.05) is 29.8 Å². The minimum absolute atomic E-state index is 0.127. The van der Waals surface area contributed by atoms with Crippen LogP contribution in [-0.2, 0) is 11.2 Å². The molecule has 2 aromatic rings. The summed E-state index contributed by atoms with van der Waals surface area (Å²) in [5, 5.41) is 2.99. The zero-order chi connectivity index (χ0) is 13.8. The summed E-state index contributed by atoms with van der Waals surface area (Å²) in [4.78, 5) is 19.6. The number of anilines is 1. The van der Waals surface area contributed by atoms with Gasteiger partial charge < -0.3 is 5.32 Å². The molecule has 0 aliphatic rings. The first-order valence-electron chi connectivity index (χ1n) is 5.88. The molecule has 98 valence electrons. The summed E-state index contributed by atoms with van der Waals surface area (Å²) in [6.45, 7) is 4.07. The minimum Gasteiger partial charge on any atom is -0.310 e. The molecule has 0 aliphatic carbocycles. The number of aromatic nitrogens is 2. The van der Waals surface area contributed by atoms with Crippen molar-refractivity contribution in [3.63, 3.8) is 0 Å². The third-order valence-electron chi connectivity index (χ3n) is 2.84. The van der Waals surface area contributed by atoms with E-state index in [1.54, 1.807) is 0 Å². The second-order valence-electron chi connectivity index (χ2n) is 4.37. The number of amides is 1. The first-order valence-corrected chi connectivity index (χ1v) is 6.26. The molecule has 0 aliphatic heterocycles. The second kappa shape index (κ2) is 5.80. The van der Waals surface area contributed by atoms with Gasteiger partial charge in [0.25, 0.3) is 0 Å². The maximum absolute atomic E-state index is 11.9. The highest BCUT2D eigenvalue weighted by Gasteiger charge is 2.06. The molecule has 0 fully saturated rings. The van der Waals surface area contributed by atoms with Gasteiger partial charge in [-0.25, -0.2) is 9.97 Å². The molecule has 1 aromatic heterocycles. The number of hydrogen-bond acceptors (Lipinski definition) is 3. The van der Waals surface area contributed by atoms with Gasteiger partial charge >= 0.3 is 0 Å². The van der Waals surface area contributed by atoms with Crippen LogP contribution in [0.3, 0.4) is 0 Å². The van der Waals surface area contributed by atoms with E-state index in [1.807, 2.05) is 32.0 Å². The number of nitrogens with one attached hydrogen (secondary N) is 1. The first-order chi connectivity index (χ1) is 9.04. The lowest BCUT2D eigenvalue weighted by molar-refractivity contribution is -0.115. The number of benzene rings is 1. The molecule has 19 heavy (non-hydrogen) atoms. The monoisotopic (exact) mass is 275 g/mol. The highest BCUT2D eigenvalue weighted by Crippen LogP contribution is 2.12. The van der Waals surface area contributed by atoms with Crippen molar-refractivity contribution >= 4 is 23.3 Å². The van der Waals surface area contributed by atoms with Gasteiger partial charge in [-0.15, -0.1) is 0 Å². The number of carbonyl (C=O) groups is 1. The van der Waals surface area contributed by atoms with E-state index in [1.165, 1.54) is 23.5 Å². The highest BCUT2D eigenvalue weighted by atomic mass is 35.5. The Bertz CT molecular complexity index is 613. The number of halogens is 1. The van der Waals surface area contributed by atoms with Gasteiger partial charge in [0.05, 0.1) is 6.42 Å². The van der Waals surface area contributed by atoms with Crippen molar-refractivity contribution in [3.05, 3.63) is 52.4 Å². The van der Waals surface area contributed by atoms with Crippen LogP contribution in [-0.4, -0.2) is 15.9 Å². The Morgan fingerprint density at radius 3 is 2.68 bits per heavy atom. The summed E-state index contributed by atoms with van der Waals surface area (Å²) in [6.07, 6.45) is 1.62. The Balaban J connectivity index is 2.03. The number of rotatable bonds is 3. The molecule has 0 atom stereocenters. The van der Waals surface area contributed by atoms with Crippen LogP contribution in [0.1, 0.15) is 16.7 Å². The predicted octanol–water partition coefficient (Wildman–Crippen LogP) is 2.93. The lowest BCUT2D eigenvalue weighted by Crippen LogP contribution is -2.15. The molecule has 1 heterocycles. The maximum Gasteiger partial charge on any atom is 0.229 e. The van der Waals surface area contributed by atoms with Gasteiger partial charge in [0.1, 0.15) is 17.3 Å². The standard InChI is InChI=1S/C14H14ClN3O/c1-9-3-4-11(5-10(9)2)6-14(19)18-13-7-12(15)16-8-17-13/h3-5,7-8H,6H2,1-2H3,(H,16,17,18,19). The molecular formula is C14H14ClN3O. The van der Waals surface area contributed by atoms with Gasteiger partial charge in [0.2, 0.25) is 5.91 Å². The molecule has 0 spiro atoms. The van der Waals surface area contributed by atoms with E-state index in [0.717, 1.165) is 5.56 Å². The topological polar surface area (TPSA) is 54.9 Å². The van der Waals surface area contributed by atoms with Crippen LogP contribution in [0.2, 0.25) is 5.15 Å². The fourth-order valence-corrected chi connectivity index (χ4v) is 1.83. The quantitative estimate of drug-likeness (QED) is 0.876. The summed E-state index contributed by atoms with van der Waals surface area (Å²) < 4.78 is 0. The zero-order valence-electron chi connectivity index (χ0n) is 10.8. The summed E-state index contributed by atoms with van der Waals surface area (Å²) >= 11 is 5.72. The van der Waals surface area contributed by atoms with Crippen molar-refractivity contribution < 1.29 is 4.79 Å². The van der Waals surface area contributed by atoms with E-state index in [-0.39, 0.29) is 5.91 Å². The smallest absolute Gasteiger partial charge is 0.229 e. The number of nitrogens with zero attached hydrogens (tertiary/aromatic N) is 2. The van der Waals surface area contributed by atoms with Gasteiger partial charge in [-0.05, 0) is 30.5 Å². The Morgan fingerprint density at radius 1 is 1.21 bits per heavy atom. The van der Waals surface area contributed by atoms with Crippen molar-refractivity contribution in [2.75, 3.05) is 5.32 Å². The van der Waals surface area contributed by atoms with Crippen LogP contribution in [0.25, 0.3) is 0 Å². The van der Waals surface area contributed by atoms with Crippen LogP contribution in [0.15, 0.2) is 30.6 Å². The van der Waals surface area contributed by atoms with Crippen LogP contribution < -0.4 is 5.32 Å². The SMILES string of the molecule is Cc1ccc(CC(=O)Nc2cc(Cl)ncn2)cc1C. The molecular weight excluding hydrogens is 262 g/mol. The van der Waals surface area contributed by atoms with Crippen LogP contribution >= 0.6 is 11.6 Å². The zero-order valence-corrected chi connectivity index (χ0v) is 11.5. The lowest BCUT2D eigenvalue weighted by Gasteiger charge is -2.06. The van der Waals surface area contributed by atoms with E-state index in [9.17, 15) is 4.79 Å². The minimum atomic E-state index is -0.127. The van der Waals surface area contributed by atoms with Crippen molar-refractivity contribution in [1.82, 2.24) is 9.97 Å². The molecule has 1 aromatic carbocycles. The molecule has 1 N–H and O–H groups in total. The van der Waals surface area contributed by atoms with Gasteiger partial charge in [-0.3, -0.25) is 4.79 Å². The normalized spacial score (nSPS) is 10.3. The molecule has 0 radical (unpaired) electrons. The molecule has 0 saturated heterocycles. The molecule has 5 heteroatoms. The van der Waals surface area contributed by atoms with E-state index in [0.29, 0.717) is 17.4 Å². The fraction of sp³-hybridized carbons (Fsp3) is 0.214. The van der Waals surface area contributed by atoms with Crippen molar-refractivity contribution in [1.29, 1.82) is 0 Å². The number of hydrogen-bond donors (Lipinski definition) is 1. The lowest BCUT2D eigenvalue weighted by atomic mass is 10.0. The molecule has 0 unspecified atom stereocenters. The van der Waals surface area contributed by atoms with Gasteiger partial charge in [0, 0.05) is 6.07 Å². The Hall–Kier alpha value is -1.94. The number of aryl methyl sites for hydroxylation is 2. The molecule has 2 rings (SSSR count). The highest BCUT2D eigenvalue weighted by molar-refractivity contribution is 6.29. The molecule has 4 nitrogen and oxygen atoms in total. The second-order valence-corrected chi connectivity index (χ2v) is 4.76. The molecule has 0 saturated carbocycles. The van der Waals surface area contributed by atoms with E-state index in [2.05, 4.69) is 15.3 Å². The van der Waals surface area contributed by atoms with Gasteiger partial charge in [0.15, 0.2) is 0 Å². The Labute approximate surface area is 116 Å². The first kappa shape index (κ1) is 13.5. The summed E-state index contributed by atoms with van der Waals surface area (Å²) in [5.74, 6) is 0.284. The molecule has 1 amide bonds. The Morgan fingerprint density at radius 2 is 2.00 bits per heavy atom. The Kier molecular flexibility index (Phi) is 4.12. The summed E-state index contributed by atoms with van der Waals surface area (Å²) in [5.41, 5.74) is 3.36. The maximum atomic E-state index is 11.9. The van der Waals surface area contributed by atoms with Crippen LogP contribution in [0, 0.1) is 13.8 Å². The molecule has 0 bridgehead atoms. The van der Waals surface area contributed by atoms with Crippen molar-refractivity contribution in [2.24, 2.45) is 0 Å². The van der Waals surface area contributed by atoms with Crippen molar-refractivity contribution in [2.45, 2.75) is 20.3 Å². The third kappa shape index (κ3) is 3.76. The van der Waals surface area contributed by atoms with E-state index in [4.69, 9.17) is 11.6 Å². The average molecular weight is 276 g/mol. The predicted molar refractivity (Wildman–Crippen MR) is 75.3 cm³/mol. The fourth-order valence-electron chi connectivity index (χ4n) is 1.69. The van der Waals surface area contributed by atoms with E-state index >= 15 is 0 Å². The number of carbonyl (C=O) groups excluding carboxylic acids is 1. The average Bonchev–Trinajstić information content (AvgIpc) is 2.34. The van der Waals surface area contributed by atoms with Gasteiger partial charge in [-0.2, -0.15) is 0 Å². The summed E-state index contributed by atoms with van der Waals surface area (Å²) in [7, 11) is 0. The largest absolute Gasteiger partial charge is 0.310 e. The van der Waals surface area contributed by atoms with Crippen molar-refractivity contribution in [3.8, 4) is 0 Å². The summed E-state index contributed by atoms with van der Waals surface area (Å²) in [6, 6.07) is 7.50. The van der Waals surface area contributed by atoms with Crippen LogP contribution in [0.4, 0.5) is 5.82 Å². The third-order valence-corrected chi connectivity index (χ3v) is 3.04.